The maximum absolute atomic E-state index is 13.1. The Labute approximate surface area is 201 Å². The van der Waals surface area contributed by atoms with Gasteiger partial charge in [0.05, 0.1) is 11.6 Å². The Balaban J connectivity index is 1.49. The molecule has 8 heteroatoms. The predicted octanol–water partition coefficient (Wildman–Crippen LogP) is 4.69. The molecular formula is C26H35N3O4Si. The second-order valence-corrected chi connectivity index (χ2v) is 16.3. The first kappa shape index (κ1) is 24.4. The second-order valence-electron chi connectivity index (χ2n) is 10.7. The molecule has 3 aromatic rings. The standard InChI is InChI=1S/C26H35N3O4Si/c1-18-22-13-19(15-27(2)3)7-9-21(22)25(30)28(18)16-20-8-10-23-24(14-20)33-26(31)29(23)17-32-11-12-34(4,5)6/h7-10,13-14,18H,11-12,15-17H2,1-6H3/t18-/m0/s1. The zero-order valence-electron chi connectivity index (χ0n) is 21.1. The number of benzene rings is 2. The van der Waals surface area contributed by atoms with Crippen LogP contribution < -0.4 is 5.76 Å². The molecule has 1 aliphatic rings. The minimum Gasteiger partial charge on any atom is -0.408 e. The molecule has 0 N–H and O–H groups in total. The summed E-state index contributed by atoms with van der Waals surface area (Å²) in [5.41, 5.74) is 5.18. The lowest BCUT2D eigenvalue weighted by molar-refractivity contribution is 0.0723. The first-order chi connectivity index (χ1) is 16.0. The normalized spacial score (nSPS) is 16.1. The van der Waals surface area contributed by atoms with Gasteiger partial charge in [0.15, 0.2) is 5.58 Å². The van der Waals surface area contributed by atoms with Crippen molar-refractivity contribution < 1.29 is 13.9 Å². The summed E-state index contributed by atoms with van der Waals surface area (Å²) in [5.74, 6) is -0.389. The number of amides is 1. The number of nitrogens with zero attached hydrogens (tertiary/aromatic N) is 3. The third-order valence-corrected chi connectivity index (χ3v) is 8.03. The maximum Gasteiger partial charge on any atom is 0.421 e. The van der Waals surface area contributed by atoms with Crippen molar-refractivity contribution in [3.8, 4) is 0 Å². The first-order valence-corrected chi connectivity index (χ1v) is 15.5. The van der Waals surface area contributed by atoms with Gasteiger partial charge in [-0.3, -0.25) is 4.79 Å². The Morgan fingerprint density at radius 2 is 1.79 bits per heavy atom. The molecule has 0 fully saturated rings. The van der Waals surface area contributed by atoms with Crippen LogP contribution in [0.4, 0.5) is 0 Å². The number of carbonyl (C=O) groups is 1. The highest BCUT2D eigenvalue weighted by Crippen LogP contribution is 2.35. The van der Waals surface area contributed by atoms with Gasteiger partial charge in [0.25, 0.3) is 5.91 Å². The molecular weight excluding hydrogens is 446 g/mol. The van der Waals surface area contributed by atoms with Gasteiger partial charge in [0, 0.05) is 33.3 Å². The summed E-state index contributed by atoms with van der Waals surface area (Å²) in [6.45, 7) is 11.1. The second kappa shape index (κ2) is 9.52. The van der Waals surface area contributed by atoms with Gasteiger partial charge in [-0.05, 0) is 62.0 Å². The summed E-state index contributed by atoms with van der Waals surface area (Å²) >= 11 is 0. The number of aromatic nitrogens is 1. The number of oxazole rings is 1. The van der Waals surface area contributed by atoms with E-state index >= 15 is 0 Å². The zero-order chi connectivity index (χ0) is 24.6. The molecule has 1 aliphatic heterocycles. The van der Waals surface area contributed by atoms with E-state index in [0.29, 0.717) is 24.3 Å². The number of fused-ring (bicyclic) bond motifs is 2. The zero-order valence-corrected chi connectivity index (χ0v) is 22.1. The van der Waals surface area contributed by atoms with Crippen LogP contribution in [0.5, 0.6) is 0 Å². The van der Waals surface area contributed by atoms with E-state index in [0.717, 1.165) is 29.3 Å². The Hall–Kier alpha value is -2.68. The lowest BCUT2D eigenvalue weighted by Crippen LogP contribution is -2.26. The summed E-state index contributed by atoms with van der Waals surface area (Å²) in [7, 11) is 2.89. The molecule has 0 saturated carbocycles. The lowest BCUT2D eigenvalue weighted by atomic mass is 10.0. The average Bonchev–Trinajstić information content (AvgIpc) is 3.18. The molecule has 0 aliphatic carbocycles. The Kier molecular flexibility index (Phi) is 6.84. The van der Waals surface area contributed by atoms with E-state index in [1.807, 2.05) is 49.3 Å². The van der Waals surface area contributed by atoms with Crippen LogP contribution in [0.2, 0.25) is 25.7 Å². The van der Waals surface area contributed by atoms with E-state index in [2.05, 4.69) is 37.5 Å². The molecule has 182 valence electrons. The van der Waals surface area contributed by atoms with Crippen LogP contribution in [0.1, 0.15) is 40.0 Å². The topological polar surface area (TPSA) is 67.9 Å². The van der Waals surface area contributed by atoms with Crippen molar-refractivity contribution in [3.63, 3.8) is 0 Å². The Morgan fingerprint density at radius 1 is 1.06 bits per heavy atom. The number of ether oxygens (including phenoxy) is 1. The van der Waals surface area contributed by atoms with Crippen LogP contribution in [0.3, 0.4) is 0 Å². The van der Waals surface area contributed by atoms with E-state index in [9.17, 15) is 9.59 Å². The van der Waals surface area contributed by atoms with Crippen LogP contribution in [-0.4, -0.2) is 49.1 Å². The van der Waals surface area contributed by atoms with E-state index in [-0.39, 0.29) is 18.7 Å². The van der Waals surface area contributed by atoms with Crippen molar-refractivity contribution in [2.45, 2.75) is 58.5 Å². The molecule has 7 nitrogen and oxygen atoms in total. The third kappa shape index (κ3) is 5.19. The van der Waals surface area contributed by atoms with E-state index in [4.69, 9.17) is 9.15 Å². The number of carbonyl (C=O) groups excluding carboxylic acids is 1. The van der Waals surface area contributed by atoms with Crippen molar-refractivity contribution in [1.29, 1.82) is 0 Å². The molecule has 1 atom stereocenters. The first-order valence-electron chi connectivity index (χ1n) is 11.8. The van der Waals surface area contributed by atoms with Crippen LogP contribution >= 0.6 is 0 Å². The maximum atomic E-state index is 13.1. The minimum absolute atomic E-state index is 0.0170. The van der Waals surface area contributed by atoms with Crippen molar-refractivity contribution in [1.82, 2.24) is 14.4 Å². The van der Waals surface area contributed by atoms with Crippen molar-refractivity contribution in [2.24, 2.45) is 0 Å². The summed E-state index contributed by atoms with van der Waals surface area (Å²) in [6.07, 6.45) is 0. The SMILES string of the molecule is C[C@H]1c2cc(CN(C)C)ccc2C(=O)N1Cc1ccc2c(c1)oc(=O)n2COCC[Si](C)(C)C. The van der Waals surface area contributed by atoms with Gasteiger partial charge in [-0.15, -0.1) is 0 Å². The largest absolute Gasteiger partial charge is 0.421 e. The highest BCUT2D eigenvalue weighted by atomic mass is 28.3. The van der Waals surface area contributed by atoms with Gasteiger partial charge in [0.1, 0.15) is 6.73 Å². The Bertz CT molecular complexity index is 1260. The smallest absolute Gasteiger partial charge is 0.408 e. The molecule has 2 aromatic carbocycles. The fraction of sp³-hybridized carbons (Fsp3) is 0.462. The average molecular weight is 482 g/mol. The Morgan fingerprint density at radius 3 is 2.50 bits per heavy atom. The quantitative estimate of drug-likeness (QED) is 0.328. The summed E-state index contributed by atoms with van der Waals surface area (Å²) < 4.78 is 12.8. The molecule has 1 aromatic heterocycles. The van der Waals surface area contributed by atoms with E-state index in [1.54, 1.807) is 0 Å². The minimum atomic E-state index is -1.19. The monoisotopic (exact) mass is 481 g/mol. The molecule has 0 radical (unpaired) electrons. The summed E-state index contributed by atoms with van der Waals surface area (Å²) in [6, 6.07) is 12.8. The molecule has 2 heterocycles. The molecule has 0 unspecified atom stereocenters. The van der Waals surface area contributed by atoms with Gasteiger partial charge < -0.3 is 19.0 Å². The lowest BCUT2D eigenvalue weighted by Gasteiger charge is -2.22. The molecule has 1 amide bonds. The molecule has 0 bridgehead atoms. The van der Waals surface area contributed by atoms with E-state index in [1.165, 1.54) is 10.1 Å². The van der Waals surface area contributed by atoms with Crippen molar-refractivity contribution in [3.05, 3.63) is 69.2 Å². The van der Waals surface area contributed by atoms with Gasteiger partial charge in [-0.2, -0.15) is 0 Å². The van der Waals surface area contributed by atoms with Crippen LogP contribution in [0.15, 0.2) is 45.6 Å². The van der Waals surface area contributed by atoms with Gasteiger partial charge >= 0.3 is 5.76 Å². The van der Waals surface area contributed by atoms with E-state index < -0.39 is 13.8 Å². The molecule has 34 heavy (non-hydrogen) atoms. The fourth-order valence-corrected chi connectivity index (χ4v) is 5.14. The van der Waals surface area contributed by atoms with Crippen molar-refractivity contribution in [2.75, 3.05) is 20.7 Å². The van der Waals surface area contributed by atoms with Crippen molar-refractivity contribution >= 4 is 25.1 Å². The molecule has 4 rings (SSSR count). The van der Waals surface area contributed by atoms with Gasteiger partial charge in [0.2, 0.25) is 0 Å². The highest BCUT2D eigenvalue weighted by Gasteiger charge is 2.34. The van der Waals surface area contributed by atoms with Crippen LogP contribution in [0.25, 0.3) is 11.1 Å². The fourth-order valence-electron chi connectivity index (χ4n) is 4.39. The number of rotatable bonds is 9. The van der Waals surface area contributed by atoms with Crippen LogP contribution in [0, 0.1) is 0 Å². The number of hydrogen-bond acceptors (Lipinski definition) is 5. The summed E-state index contributed by atoms with van der Waals surface area (Å²) in [5, 5.41) is 0. The highest BCUT2D eigenvalue weighted by molar-refractivity contribution is 6.76. The molecule has 0 spiro atoms. The van der Waals surface area contributed by atoms with Crippen LogP contribution in [-0.2, 0) is 24.6 Å². The number of hydrogen-bond donors (Lipinski definition) is 0. The summed E-state index contributed by atoms with van der Waals surface area (Å²) in [4.78, 5) is 29.5. The predicted molar refractivity (Wildman–Crippen MR) is 137 cm³/mol. The van der Waals surface area contributed by atoms with Gasteiger partial charge in [-0.1, -0.05) is 37.8 Å². The van der Waals surface area contributed by atoms with Gasteiger partial charge in [-0.25, -0.2) is 9.36 Å². The molecule has 0 saturated heterocycles. The third-order valence-electron chi connectivity index (χ3n) is 6.33.